The Balaban J connectivity index is 2.30. The SMILES string of the molecule is C=CCC1CCC(CC)(CC(=O)O)c2[nH]c3c(F)c(F)ccc3c21. The van der Waals surface area contributed by atoms with Gasteiger partial charge >= 0.3 is 5.97 Å². The van der Waals surface area contributed by atoms with Crippen LogP contribution in [0.1, 0.15) is 56.2 Å². The fourth-order valence-electron chi connectivity index (χ4n) is 4.17. The third kappa shape index (κ3) is 2.43. The van der Waals surface area contributed by atoms with E-state index in [9.17, 15) is 18.7 Å². The second-order valence-corrected chi connectivity index (χ2v) is 6.66. The van der Waals surface area contributed by atoms with Crippen molar-refractivity contribution in [3.8, 4) is 0 Å². The molecule has 0 fully saturated rings. The number of H-pyrrole nitrogens is 1. The molecule has 0 spiro atoms. The molecule has 2 atom stereocenters. The Morgan fingerprint density at radius 3 is 2.88 bits per heavy atom. The van der Waals surface area contributed by atoms with Gasteiger partial charge in [0.2, 0.25) is 0 Å². The van der Waals surface area contributed by atoms with Crippen LogP contribution in [0.3, 0.4) is 0 Å². The molecule has 2 N–H and O–H groups in total. The van der Waals surface area contributed by atoms with Gasteiger partial charge in [0.15, 0.2) is 11.6 Å². The molecular formula is C19H21F2NO2. The number of rotatable bonds is 5. The van der Waals surface area contributed by atoms with Crippen LogP contribution in [0.25, 0.3) is 10.9 Å². The number of aromatic nitrogens is 1. The lowest BCUT2D eigenvalue weighted by atomic mass is 9.65. The number of hydrogen-bond donors (Lipinski definition) is 2. The Morgan fingerprint density at radius 1 is 1.50 bits per heavy atom. The van der Waals surface area contributed by atoms with Crippen molar-refractivity contribution in [2.45, 2.75) is 50.4 Å². The van der Waals surface area contributed by atoms with Crippen molar-refractivity contribution in [3.63, 3.8) is 0 Å². The topological polar surface area (TPSA) is 53.1 Å². The van der Waals surface area contributed by atoms with E-state index in [1.807, 2.05) is 13.0 Å². The molecule has 3 nitrogen and oxygen atoms in total. The molecule has 0 bridgehead atoms. The smallest absolute Gasteiger partial charge is 0.304 e. The van der Waals surface area contributed by atoms with Crippen LogP contribution < -0.4 is 0 Å². The van der Waals surface area contributed by atoms with Crippen molar-refractivity contribution in [3.05, 3.63) is 47.7 Å². The Morgan fingerprint density at radius 2 is 2.25 bits per heavy atom. The number of aliphatic carboxylic acids is 1. The highest BCUT2D eigenvalue weighted by atomic mass is 19.2. The fourth-order valence-corrected chi connectivity index (χ4v) is 4.17. The molecule has 0 saturated carbocycles. The van der Waals surface area contributed by atoms with Crippen molar-refractivity contribution >= 4 is 16.9 Å². The summed E-state index contributed by atoms with van der Waals surface area (Å²) in [6, 6.07) is 2.72. The van der Waals surface area contributed by atoms with Crippen LogP contribution in [0.5, 0.6) is 0 Å². The maximum absolute atomic E-state index is 14.3. The van der Waals surface area contributed by atoms with E-state index in [1.165, 1.54) is 0 Å². The number of hydrogen-bond acceptors (Lipinski definition) is 1. The van der Waals surface area contributed by atoms with Gasteiger partial charge in [-0.1, -0.05) is 13.0 Å². The highest BCUT2D eigenvalue weighted by Crippen LogP contribution is 2.50. The summed E-state index contributed by atoms with van der Waals surface area (Å²) in [6.07, 6.45) is 4.68. The van der Waals surface area contributed by atoms with Crippen LogP contribution in [0, 0.1) is 11.6 Å². The molecular weight excluding hydrogens is 312 g/mol. The van der Waals surface area contributed by atoms with Crippen molar-refractivity contribution in [1.29, 1.82) is 0 Å². The van der Waals surface area contributed by atoms with Gasteiger partial charge in [-0.3, -0.25) is 4.79 Å². The monoisotopic (exact) mass is 333 g/mol. The predicted octanol–water partition coefficient (Wildman–Crippen LogP) is 5.02. The van der Waals surface area contributed by atoms with Crippen molar-refractivity contribution in [2.24, 2.45) is 0 Å². The summed E-state index contributed by atoms with van der Waals surface area (Å²) in [5.74, 6) is -2.54. The summed E-state index contributed by atoms with van der Waals surface area (Å²) in [5, 5.41) is 10.0. The van der Waals surface area contributed by atoms with Crippen molar-refractivity contribution in [2.75, 3.05) is 0 Å². The average Bonchev–Trinajstić information content (AvgIpc) is 2.94. The molecule has 1 heterocycles. The van der Waals surface area contributed by atoms with Gasteiger partial charge in [-0.25, -0.2) is 8.78 Å². The molecule has 128 valence electrons. The number of fused-ring (bicyclic) bond motifs is 3. The molecule has 0 aliphatic heterocycles. The molecule has 5 heteroatoms. The highest BCUT2D eigenvalue weighted by molar-refractivity contribution is 5.87. The number of carbonyl (C=O) groups is 1. The average molecular weight is 333 g/mol. The molecule has 1 aromatic carbocycles. The zero-order valence-corrected chi connectivity index (χ0v) is 13.7. The van der Waals surface area contributed by atoms with Crippen LogP contribution in [0.15, 0.2) is 24.8 Å². The van der Waals surface area contributed by atoms with Gasteiger partial charge in [0.1, 0.15) is 0 Å². The van der Waals surface area contributed by atoms with E-state index < -0.39 is 23.0 Å². The first-order valence-corrected chi connectivity index (χ1v) is 8.26. The van der Waals surface area contributed by atoms with Crippen molar-refractivity contribution < 1.29 is 18.7 Å². The zero-order chi connectivity index (χ0) is 17.5. The van der Waals surface area contributed by atoms with E-state index in [0.717, 1.165) is 30.2 Å². The second kappa shape index (κ2) is 6.04. The Labute approximate surface area is 139 Å². The number of carboxylic acids is 1. The molecule has 0 saturated heterocycles. The van der Waals surface area contributed by atoms with Gasteiger partial charge in [-0.15, -0.1) is 6.58 Å². The molecule has 1 aliphatic carbocycles. The van der Waals surface area contributed by atoms with Crippen LogP contribution in [-0.2, 0) is 10.2 Å². The first-order valence-electron chi connectivity index (χ1n) is 8.26. The highest BCUT2D eigenvalue weighted by Gasteiger charge is 2.42. The van der Waals surface area contributed by atoms with E-state index in [4.69, 9.17) is 0 Å². The minimum Gasteiger partial charge on any atom is -0.481 e. The number of allylic oxidation sites excluding steroid dienone is 1. The molecule has 2 aromatic rings. The van der Waals surface area contributed by atoms with E-state index in [1.54, 1.807) is 6.07 Å². The summed E-state index contributed by atoms with van der Waals surface area (Å²) in [4.78, 5) is 14.5. The summed E-state index contributed by atoms with van der Waals surface area (Å²) in [7, 11) is 0. The van der Waals surface area contributed by atoms with E-state index >= 15 is 0 Å². The minimum atomic E-state index is -0.903. The lowest BCUT2D eigenvalue weighted by Crippen LogP contribution is -2.34. The molecule has 1 aromatic heterocycles. The van der Waals surface area contributed by atoms with Gasteiger partial charge in [-0.05, 0) is 49.3 Å². The Bertz CT molecular complexity index is 811. The number of nitrogens with one attached hydrogen (secondary N) is 1. The molecule has 1 aliphatic rings. The maximum atomic E-state index is 14.3. The Kier molecular flexibility index (Phi) is 4.20. The van der Waals surface area contributed by atoms with Crippen LogP contribution in [0.4, 0.5) is 8.78 Å². The minimum absolute atomic E-state index is 0.0196. The summed E-state index contributed by atoms with van der Waals surface area (Å²) >= 11 is 0. The van der Waals surface area contributed by atoms with Gasteiger partial charge in [0.05, 0.1) is 11.9 Å². The quantitative estimate of drug-likeness (QED) is 0.755. The van der Waals surface area contributed by atoms with Gasteiger partial charge in [-0.2, -0.15) is 0 Å². The molecule has 0 radical (unpaired) electrons. The van der Waals surface area contributed by atoms with Gasteiger partial charge < -0.3 is 10.1 Å². The number of benzene rings is 1. The maximum Gasteiger partial charge on any atom is 0.304 e. The number of aromatic amines is 1. The summed E-state index contributed by atoms with van der Waals surface area (Å²) in [5.41, 5.74) is 1.25. The fraction of sp³-hybridized carbons (Fsp3) is 0.421. The largest absolute Gasteiger partial charge is 0.481 e. The van der Waals surface area contributed by atoms with Crippen molar-refractivity contribution in [1.82, 2.24) is 4.98 Å². The standard InChI is InChI=1S/C19H21F2NO2/c1-3-5-11-8-9-19(4-2,10-14(23)24)18-15(11)12-6-7-13(20)16(21)17(12)22-18/h3,6-7,11,22H,1,4-5,8-10H2,2H3,(H,23,24). The van der Waals surface area contributed by atoms with Gasteiger partial charge in [0.25, 0.3) is 0 Å². The van der Waals surface area contributed by atoms with E-state index in [0.29, 0.717) is 18.2 Å². The first kappa shape index (κ1) is 16.7. The second-order valence-electron chi connectivity index (χ2n) is 6.66. The molecule has 24 heavy (non-hydrogen) atoms. The predicted molar refractivity (Wildman–Crippen MR) is 89.2 cm³/mol. The van der Waals surface area contributed by atoms with E-state index in [-0.39, 0.29) is 17.9 Å². The number of carboxylic acid groups (broad SMARTS) is 1. The Hall–Kier alpha value is -2.17. The molecule has 0 amide bonds. The van der Waals surface area contributed by atoms with E-state index in [2.05, 4.69) is 11.6 Å². The first-order chi connectivity index (χ1) is 11.4. The third-order valence-electron chi connectivity index (χ3n) is 5.43. The zero-order valence-electron chi connectivity index (χ0n) is 13.7. The van der Waals surface area contributed by atoms with Crippen LogP contribution in [0.2, 0.25) is 0 Å². The lowest BCUT2D eigenvalue weighted by Gasteiger charge is -2.38. The molecule has 3 rings (SSSR count). The summed E-state index contributed by atoms with van der Waals surface area (Å²) < 4.78 is 27.9. The van der Waals surface area contributed by atoms with Gasteiger partial charge in [0, 0.05) is 16.5 Å². The van der Waals surface area contributed by atoms with Crippen LogP contribution >= 0.6 is 0 Å². The summed E-state index contributed by atoms with van der Waals surface area (Å²) in [6.45, 7) is 5.74. The number of halogens is 2. The third-order valence-corrected chi connectivity index (χ3v) is 5.43. The molecule has 2 unspecified atom stereocenters. The van der Waals surface area contributed by atoms with Crippen LogP contribution in [-0.4, -0.2) is 16.1 Å². The lowest BCUT2D eigenvalue weighted by molar-refractivity contribution is -0.138. The normalized spacial score (nSPS) is 23.2.